The minimum atomic E-state index is -0.221. The van der Waals surface area contributed by atoms with Gasteiger partial charge in [0.1, 0.15) is 5.78 Å². The van der Waals surface area contributed by atoms with Gasteiger partial charge in [-0.25, -0.2) is 0 Å². The molecule has 108 valence electrons. The maximum Gasteiger partial charge on any atom is 0.142 e. The highest BCUT2D eigenvalue weighted by Crippen LogP contribution is 2.68. The van der Waals surface area contributed by atoms with Crippen LogP contribution in [0.4, 0.5) is 0 Å². The topological polar surface area (TPSA) is 26.3 Å². The maximum atomic E-state index is 12.7. The summed E-state index contributed by atoms with van der Waals surface area (Å²) in [5.41, 5.74) is 0.868. The summed E-state index contributed by atoms with van der Waals surface area (Å²) in [7, 11) is 1.77. The van der Waals surface area contributed by atoms with Crippen LogP contribution in [-0.2, 0) is 16.0 Å². The van der Waals surface area contributed by atoms with Crippen molar-refractivity contribution in [2.24, 2.45) is 10.8 Å². The van der Waals surface area contributed by atoms with Crippen LogP contribution in [0.15, 0.2) is 30.3 Å². The Balaban J connectivity index is 1.86. The van der Waals surface area contributed by atoms with Crippen LogP contribution in [0.3, 0.4) is 0 Å². The van der Waals surface area contributed by atoms with Crippen LogP contribution < -0.4 is 0 Å². The first-order chi connectivity index (χ1) is 9.47. The van der Waals surface area contributed by atoms with Gasteiger partial charge in [0.05, 0.1) is 5.60 Å². The number of hydrogen-bond donors (Lipinski definition) is 0. The molecule has 2 aliphatic carbocycles. The molecule has 0 spiro atoms. The van der Waals surface area contributed by atoms with E-state index >= 15 is 0 Å². The average Bonchev–Trinajstić information content (AvgIpc) is 2.77. The van der Waals surface area contributed by atoms with E-state index < -0.39 is 0 Å². The van der Waals surface area contributed by atoms with Crippen LogP contribution in [0.1, 0.15) is 45.1 Å². The summed E-state index contributed by atoms with van der Waals surface area (Å²) in [5, 5.41) is 0. The largest absolute Gasteiger partial charge is 0.377 e. The number of fused-ring (bicyclic) bond motifs is 2. The van der Waals surface area contributed by atoms with Crippen LogP contribution >= 0.6 is 0 Å². The van der Waals surface area contributed by atoms with Crippen molar-refractivity contribution in [1.29, 1.82) is 0 Å². The molecule has 2 atom stereocenters. The molecule has 0 radical (unpaired) electrons. The number of rotatable bonds is 4. The van der Waals surface area contributed by atoms with E-state index in [9.17, 15) is 4.79 Å². The van der Waals surface area contributed by atoms with Gasteiger partial charge >= 0.3 is 0 Å². The van der Waals surface area contributed by atoms with E-state index in [0.29, 0.717) is 12.2 Å². The number of carbonyl (C=O) groups is 1. The Morgan fingerprint density at radius 3 is 2.40 bits per heavy atom. The van der Waals surface area contributed by atoms with Crippen LogP contribution in [0, 0.1) is 10.8 Å². The highest BCUT2D eigenvalue weighted by atomic mass is 16.5. The van der Waals surface area contributed by atoms with Gasteiger partial charge in [0.25, 0.3) is 0 Å². The minimum Gasteiger partial charge on any atom is -0.377 e. The summed E-state index contributed by atoms with van der Waals surface area (Å²) < 4.78 is 5.83. The first-order valence-corrected chi connectivity index (χ1v) is 7.60. The van der Waals surface area contributed by atoms with Gasteiger partial charge in [-0.2, -0.15) is 0 Å². The molecule has 1 aromatic carbocycles. The van der Waals surface area contributed by atoms with E-state index in [0.717, 1.165) is 25.7 Å². The van der Waals surface area contributed by atoms with Crippen LogP contribution in [0.5, 0.6) is 0 Å². The number of ketones is 1. The van der Waals surface area contributed by atoms with E-state index in [2.05, 4.69) is 38.1 Å². The van der Waals surface area contributed by atoms with E-state index in [1.165, 1.54) is 5.56 Å². The molecule has 0 aromatic heterocycles. The predicted molar refractivity (Wildman–Crippen MR) is 79.6 cm³/mol. The second kappa shape index (κ2) is 4.42. The molecule has 2 bridgehead atoms. The molecule has 0 N–H and O–H groups in total. The third-order valence-electron chi connectivity index (χ3n) is 6.34. The zero-order chi connectivity index (χ0) is 14.4. The molecule has 20 heavy (non-hydrogen) atoms. The predicted octanol–water partition coefficient (Wildman–Crippen LogP) is 3.78. The van der Waals surface area contributed by atoms with Crippen molar-refractivity contribution < 1.29 is 9.53 Å². The molecule has 0 amide bonds. The van der Waals surface area contributed by atoms with Gasteiger partial charge in [0.15, 0.2) is 0 Å². The number of carbonyl (C=O) groups excluding carboxylic acids is 1. The third-order valence-corrected chi connectivity index (χ3v) is 6.34. The fourth-order valence-electron chi connectivity index (χ4n) is 4.71. The Labute approximate surface area is 121 Å². The highest BCUT2D eigenvalue weighted by Gasteiger charge is 2.71. The van der Waals surface area contributed by atoms with Gasteiger partial charge in [-0.15, -0.1) is 0 Å². The molecule has 2 aliphatic rings. The van der Waals surface area contributed by atoms with E-state index in [1.54, 1.807) is 7.11 Å². The van der Waals surface area contributed by atoms with Gasteiger partial charge in [-0.05, 0) is 31.2 Å². The summed E-state index contributed by atoms with van der Waals surface area (Å²) in [5.74, 6) is 0.423. The smallest absolute Gasteiger partial charge is 0.142 e. The van der Waals surface area contributed by atoms with Crippen molar-refractivity contribution in [3.63, 3.8) is 0 Å². The fourth-order valence-corrected chi connectivity index (χ4v) is 4.71. The lowest BCUT2D eigenvalue weighted by Gasteiger charge is -2.40. The van der Waals surface area contributed by atoms with Gasteiger partial charge in [0.2, 0.25) is 0 Å². The summed E-state index contributed by atoms with van der Waals surface area (Å²) >= 11 is 0. The maximum absolute atomic E-state index is 12.7. The molecule has 2 fully saturated rings. The molecular formula is C18H24O2. The lowest BCUT2D eigenvalue weighted by atomic mass is 9.65. The molecule has 2 unspecified atom stereocenters. The van der Waals surface area contributed by atoms with E-state index in [4.69, 9.17) is 4.74 Å². The summed E-state index contributed by atoms with van der Waals surface area (Å²) in [6.45, 7) is 4.47. The average molecular weight is 272 g/mol. The molecule has 3 rings (SSSR count). The van der Waals surface area contributed by atoms with Gasteiger partial charge in [-0.3, -0.25) is 4.79 Å². The Kier molecular flexibility index (Phi) is 3.06. The lowest BCUT2D eigenvalue weighted by Crippen LogP contribution is -2.42. The second-order valence-electron chi connectivity index (χ2n) is 6.99. The third kappa shape index (κ3) is 1.57. The quantitative estimate of drug-likeness (QED) is 0.833. The molecule has 0 saturated heterocycles. The number of Topliss-reactive ketones (excluding diaryl/α,β-unsaturated/α-hetero) is 1. The Morgan fingerprint density at radius 1 is 1.15 bits per heavy atom. The van der Waals surface area contributed by atoms with Crippen molar-refractivity contribution in [2.45, 2.75) is 51.6 Å². The number of ether oxygens (including phenoxy) is 1. The molecule has 0 heterocycles. The summed E-state index contributed by atoms with van der Waals surface area (Å²) in [6, 6.07) is 10.5. The first kappa shape index (κ1) is 13.8. The molecule has 2 heteroatoms. The van der Waals surface area contributed by atoms with Crippen molar-refractivity contribution in [3.05, 3.63) is 35.9 Å². The SMILES string of the molecule is COC12CCC(CCc3ccccc3)(C(=O)C1)C2(C)C. The Morgan fingerprint density at radius 2 is 1.85 bits per heavy atom. The molecular weight excluding hydrogens is 248 g/mol. The first-order valence-electron chi connectivity index (χ1n) is 7.60. The van der Waals surface area contributed by atoms with Gasteiger partial charge in [0, 0.05) is 24.4 Å². The van der Waals surface area contributed by atoms with Crippen LogP contribution in [-0.4, -0.2) is 18.5 Å². The fraction of sp³-hybridized carbons (Fsp3) is 0.611. The Hall–Kier alpha value is -1.15. The number of aryl methyl sites for hydroxylation is 1. The van der Waals surface area contributed by atoms with Gasteiger partial charge in [-0.1, -0.05) is 44.2 Å². The Bertz CT molecular complexity index is 519. The second-order valence-corrected chi connectivity index (χ2v) is 6.99. The number of hydrogen-bond acceptors (Lipinski definition) is 2. The molecule has 1 aromatic rings. The van der Waals surface area contributed by atoms with Crippen molar-refractivity contribution in [3.8, 4) is 0 Å². The van der Waals surface area contributed by atoms with Crippen molar-refractivity contribution >= 4 is 5.78 Å². The highest BCUT2D eigenvalue weighted by molar-refractivity contribution is 5.91. The zero-order valence-corrected chi connectivity index (χ0v) is 12.7. The van der Waals surface area contributed by atoms with E-state index in [1.807, 2.05) is 6.07 Å². The standard InChI is InChI=1S/C18H24O2/c1-16(2)17(10-9-14-7-5-4-6-8-14)11-12-18(16,20-3)13-15(17)19/h4-8H,9-13H2,1-3H3. The monoisotopic (exact) mass is 272 g/mol. The normalized spacial score (nSPS) is 34.6. The molecule has 0 aliphatic heterocycles. The lowest BCUT2D eigenvalue weighted by molar-refractivity contribution is -0.130. The van der Waals surface area contributed by atoms with Crippen molar-refractivity contribution in [1.82, 2.24) is 0 Å². The minimum absolute atomic E-state index is 0.0549. The molecule has 2 saturated carbocycles. The molecule has 2 nitrogen and oxygen atoms in total. The van der Waals surface area contributed by atoms with Crippen LogP contribution in [0.2, 0.25) is 0 Å². The summed E-state index contributed by atoms with van der Waals surface area (Å²) in [6.07, 6.45) is 4.55. The number of methoxy groups -OCH3 is 1. The van der Waals surface area contributed by atoms with E-state index in [-0.39, 0.29) is 16.4 Å². The number of benzene rings is 1. The zero-order valence-electron chi connectivity index (χ0n) is 12.7. The van der Waals surface area contributed by atoms with Crippen molar-refractivity contribution in [2.75, 3.05) is 7.11 Å². The van der Waals surface area contributed by atoms with Crippen LogP contribution in [0.25, 0.3) is 0 Å². The van der Waals surface area contributed by atoms with Gasteiger partial charge < -0.3 is 4.74 Å². The summed E-state index contributed by atoms with van der Waals surface area (Å²) in [4.78, 5) is 12.7.